The molecule has 0 fully saturated rings. The number of H-pyrrole nitrogens is 1. The summed E-state index contributed by atoms with van der Waals surface area (Å²) in [6.45, 7) is 3.48. The number of Topliss-reactive ketones (excluding diaryl/α,β-unsaturated/α-hetero) is 1. The fourth-order valence-electron chi connectivity index (χ4n) is 2.48. The van der Waals surface area contributed by atoms with E-state index >= 15 is 0 Å². The second kappa shape index (κ2) is 9.93. The van der Waals surface area contributed by atoms with Gasteiger partial charge in [-0.1, -0.05) is 24.6 Å². The highest BCUT2D eigenvalue weighted by Crippen LogP contribution is 2.19. The van der Waals surface area contributed by atoms with Crippen LogP contribution in [0.2, 0.25) is 0 Å². The first-order valence-corrected chi connectivity index (χ1v) is 9.83. The molecule has 0 saturated carbocycles. The van der Waals surface area contributed by atoms with Crippen molar-refractivity contribution in [2.45, 2.75) is 38.1 Å². The number of nitrogens with one attached hydrogen (secondary N) is 1. The van der Waals surface area contributed by atoms with Crippen LogP contribution < -0.4 is 17.0 Å². The van der Waals surface area contributed by atoms with Crippen molar-refractivity contribution in [2.24, 2.45) is 0 Å². The Hall–Kier alpha value is -2.81. The van der Waals surface area contributed by atoms with Gasteiger partial charge in [0.2, 0.25) is 5.78 Å². The van der Waals surface area contributed by atoms with Crippen molar-refractivity contribution in [3.05, 3.63) is 56.2 Å². The minimum atomic E-state index is -0.883. The third-order valence-corrected chi connectivity index (χ3v) is 4.94. The second-order valence-corrected chi connectivity index (χ2v) is 7.33. The van der Waals surface area contributed by atoms with Crippen LogP contribution in [0.25, 0.3) is 0 Å². The molecule has 0 bridgehead atoms. The van der Waals surface area contributed by atoms with Gasteiger partial charge in [-0.3, -0.25) is 23.9 Å². The summed E-state index contributed by atoms with van der Waals surface area (Å²) in [5.41, 5.74) is 5.04. The van der Waals surface area contributed by atoms with E-state index in [1.807, 2.05) is 38.1 Å². The number of ether oxygens (including phenoxy) is 1. The molecule has 0 aliphatic carbocycles. The molecule has 28 heavy (non-hydrogen) atoms. The van der Waals surface area contributed by atoms with Crippen molar-refractivity contribution in [1.82, 2.24) is 9.55 Å². The molecule has 0 saturated heterocycles. The van der Waals surface area contributed by atoms with Gasteiger partial charge in [-0.2, -0.15) is 0 Å². The lowest BCUT2D eigenvalue weighted by Crippen LogP contribution is -2.37. The molecule has 0 radical (unpaired) electrons. The molecular weight excluding hydrogens is 382 g/mol. The van der Waals surface area contributed by atoms with Crippen molar-refractivity contribution in [3.8, 4) is 0 Å². The molecule has 1 aromatic carbocycles. The molecule has 0 unspecified atom stereocenters. The summed E-state index contributed by atoms with van der Waals surface area (Å²) >= 11 is 1.50. The van der Waals surface area contributed by atoms with Crippen LogP contribution in [-0.4, -0.2) is 33.7 Å². The molecule has 1 aromatic heterocycles. The highest BCUT2D eigenvalue weighted by atomic mass is 32.2. The van der Waals surface area contributed by atoms with Gasteiger partial charge in [-0.15, -0.1) is 11.8 Å². The number of carbonyl (C=O) groups excluding carboxylic acids is 2. The van der Waals surface area contributed by atoms with E-state index in [-0.39, 0.29) is 24.3 Å². The summed E-state index contributed by atoms with van der Waals surface area (Å²) in [6.07, 6.45) is 0.713. The first-order valence-electron chi connectivity index (χ1n) is 8.84. The van der Waals surface area contributed by atoms with Gasteiger partial charge in [0, 0.05) is 17.2 Å². The monoisotopic (exact) mass is 405 g/mol. The van der Waals surface area contributed by atoms with Crippen LogP contribution in [0, 0.1) is 6.92 Å². The van der Waals surface area contributed by atoms with E-state index in [1.165, 1.54) is 11.8 Å². The number of nitrogens with zero attached hydrogens (tertiary/aromatic N) is 1. The van der Waals surface area contributed by atoms with Gasteiger partial charge in [-0.05, 0) is 25.5 Å². The minimum absolute atomic E-state index is 0.118. The lowest BCUT2D eigenvalue weighted by Gasteiger charge is -2.11. The molecule has 1 heterocycles. The van der Waals surface area contributed by atoms with Crippen LogP contribution in [0.5, 0.6) is 0 Å². The summed E-state index contributed by atoms with van der Waals surface area (Å²) in [6, 6.07) is 7.91. The Morgan fingerprint density at radius 1 is 1.21 bits per heavy atom. The standard InChI is InChI=1S/C19H23N3O5S/c1-3-9-22-17(20)16(18(25)21-19(22)26)14(23)11-27-15(24)8-10-28-13-6-4-12(2)5-7-13/h4-7H,3,8-11,20H2,1-2H3,(H,21,25,26). The molecule has 150 valence electrons. The average molecular weight is 405 g/mol. The van der Waals surface area contributed by atoms with Gasteiger partial charge in [0.25, 0.3) is 5.56 Å². The number of esters is 1. The van der Waals surface area contributed by atoms with Crippen LogP contribution in [0.4, 0.5) is 5.82 Å². The Bertz CT molecular complexity index is 963. The number of aromatic nitrogens is 2. The molecule has 3 N–H and O–H groups in total. The Balaban J connectivity index is 1.92. The Kier molecular flexibility index (Phi) is 7.62. The smallest absolute Gasteiger partial charge is 0.329 e. The number of aryl methyl sites for hydroxylation is 1. The molecule has 9 heteroatoms. The van der Waals surface area contributed by atoms with Crippen LogP contribution in [0.15, 0.2) is 38.8 Å². The lowest BCUT2D eigenvalue weighted by molar-refractivity contribution is -0.141. The molecule has 0 aliphatic heterocycles. The van der Waals surface area contributed by atoms with Crippen LogP contribution in [0.1, 0.15) is 35.7 Å². The summed E-state index contributed by atoms with van der Waals surface area (Å²) in [5, 5.41) is 0. The zero-order valence-electron chi connectivity index (χ0n) is 15.8. The van der Waals surface area contributed by atoms with Gasteiger partial charge >= 0.3 is 11.7 Å². The second-order valence-electron chi connectivity index (χ2n) is 6.17. The Labute approximate surface area is 166 Å². The highest BCUT2D eigenvalue weighted by Gasteiger charge is 2.20. The predicted molar refractivity (Wildman–Crippen MR) is 108 cm³/mol. The number of hydrogen-bond donors (Lipinski definition) is 2. The summed E-state index contributed by atoms with van der Waals surface area (Å²) in [7, 11) is 0. The van der Waals surface area contributed by atoms with Gasteiger partial charge in [0.05, 0.1) is 6.42 Å². The zero-order valence-corrected chi connectivity index (χ0v) is 16.6. The topological polar surface area (TPSA) is 124 Å². The van der Waals surface area contributed by atoms with Gasteiger partial charge in [0.1, 0.15) is 11.4 Å². The average Bonchev–Trinajstić information content (AvgIpc) is 2.65. The highest BCUT2D eigenvalue weighted by molar-refractivity contribution is 7.99. The van der Waals surface area contributed by atoms with E-state index in [9.17, 15) is 19.2 Å². The van der Waals surface area contributed by atoms with E-state index in [4.69, 9.17) is 10.5 Å². The van der Waals surface area contributed by atoms with Crippen LogP contribution in [-0.2, 0) is 16.1 Å². The molecule has 0 amide bonds. The Morgan fingerprint density at radius 3 is 2.54 bits per heavy atom. The number of ketones is 1. The summed E-state index contributed by atoms with van der Waals surface area (Å²) in [4.78, 5) is 51.0. The lowest BCUT2D eigenvalue weighted by atomic mass is 10.2. The van der Waals surface area contributed by atoms with Crippen LogP contribution in [0.3, 0.4) is 0 Å². The number of benzene rings is 1. The van der Waals surface area contributed by atoms with Crippen molar-refractivity contribution >= 4 is 29.3 Å². The van der Waals surface area contributed by atoms with Crippen LogP contribution >= 0.6 is 11.8 Å². The van der Waals surface area contributed by atoms with Crippen molar-refractivity contribution in [1.29, 1.82) is 0 Å². The number of aromatic amines is 1. The third kappa shape index (κ3) is 5.59. The van der Waals surface area contributed by atoms with Crippen molar-refractivity contribution in [3.63, 3.8) is 0 Å². The van der Waals surface area contributed by atoms with Gasteiger partial charge in [0.15, 0.2) is 6.61 Å². The maximum atomic E-state index is 12.3. The maximum absolute atomic E-state index is 12.3. The SMILES string of the molecule is CCCn1c(N)c(C(=O)COC(=O)CCSc2ccc(C)cc2)c(=O)[nH]c1=O. The molecule has 2 aromatic rings. The van der Waals surface area contributed by atoms with E-state index in [0.29, 0.717) is 12.2 Å². The normalized spacial score (nSPS) is 10.6. The van der Waals surface area contributed by atoms with E-state index < -0.39 is 29.6 Å². The zero-order chi connectivity index (χ0) is 20.7. The first kappa shape index (κ1) is 21.5. The molecule has 2 rings (SSSR count). The first-order chi connectivity index (χ1) is 13.3. The van der Waals surface area contributed by atoms with Crippen molar-refractivity contribution < 1.29 is 14.3 Å². The predicted octanol–water partition coefficient (Wildman–Crippen LogP) is 1.75. The largest absolute Gasteiger partial charge is 0.457 e. The summed E-state index contributed by atoms with van der Waals surface area (Å²) < 4.78 is 6.08. The fourth-order valence-corrected chi connectivity index (χ4v) is 3.31. The quantitative estimate of drug-likeness (QED) is 0.370. The van der Waals surface area contributed by atoms with E-state index in [0.717, 1.165) is 15.0 Å². The van der Waals surface area contributed by atoms with Crippen molar-refractivity contribution in [2.75, 3.05) is 18.1 Å². The number of thioether (sulfide) groups is 1. The molecule has 0 aliphatic rings. The maximum Gasteiger partial charge on any atom is 0.329 e. The van der Waals surface area contributed by atoms with Gasteiger partial charge in [-0.25, -0.2) is 4.79 Å². The minimum Gasteiger partial charge on any atom is -0.457 e. The number of rotatable bonds is 9. The Morgan fingerprint density at radius 2 is 1.89 bits per heavy atom. The van der Waals surface area contributed by atoms with Gasteiger partial charge < -0.3 is 10.5 Å². The molecule has 8 nitrogen and oxygen atoms in total. The molecular formula is C19H23N3O5S. The molecule has 0 spiro atoms. The molecule has 0 atom stereocenters. The summed E-state index contributed by atoms with van der Waals surface area (Å²) in [5.74, 6) is -1.01. The number of nitrogen functional groups attached to an aromatic ring is 1. The third-order valence-electron chi connectivity index (χ3n) is 3.93. The number of anilines is 1. The number of hydrogen-bond acceptors (Lipinski definition) is 7. The van der Waals surface area contributed by atoms with E-state index in [2.05, 4.69) is 4.98 Å². The fraction of sp³-hybridized carbons (Fsp3) is 0.368. The number of carbonyl (C=O) groups is 2. The number of nitrogens with two attached hydrogens (primary N) is 1. The van der Waals surface area contributed by atoms with E-state index in [1.54, 1.807) is 0 Å².